The van der Waals surface area contributed by atoms with Gasteiger partial charge in [0.2, 0.25) is 5.89 Å². The van der Waals surface area contributed by atoms with Gasteiger partial charge in [-0.15, -0.1) is 0 Å². The zero-order valence-corrected chi connectivity index (χ0v) is 9.90. The van der Waals surface area contributed by atoms with Crippen LogP contribution in [0.3, 0.4) is 0 Å². The number of nitrogens with zero attached hydrogens (tertiary/aromatic N) is 2. The highest BCUT2D eigenvalue weighted by atomic mass is 16.5. The first-order valence-electron chi connectivity index (χ1n) is 5.90. The molecule has 1 atom stereocenters. The molecule has 0 amide bonds. The summed E-state index contributed by atoms with van der Waals surface area (Å²) in [5.74, 6) is 1.54. The first-order valence-corrected chi connectivity index (χ1v) is 5.90. The Morgan fingerprint density at radius 3 is 2.75 bits per heavy atom. The maximum absolute atomic E-state index is 6.21. The zero-order chi connectivity index (χ0) is 11.6. The minimum absolute atomic E-state index is 0.249. The molecule has 0 aromatic carbocycles. The second-order valence-electron chi connectivity index (χ2n) is 4.38. The molecule has 0 aliphatic carbocycles. The van der Waals surface area contributed by atoms with Crippen molar-refractivity contribution < 1.29 is 9.26 Å². The molecule has 0 saturated carbocycles. The maximum atomic E-state index is 6.21. The second kappa shape index (κ2) is 4.51. The Hall–Kier alpha value is -0.940. The number of hydrogen-bond donors (Lipinski definition) is 1. The molecule has 2 N–H and O–H groups in total. The molecule has 1 aliphatic rings. The van der Waals surface area contributed by atoms with Gasteiger partial charge < -0.3 is 15.0 Å². The second-order valence-corrected chi connectivity index (χ2v) is 4.38. The largest absolute Gasteiger partial charge is 0.381 e. The van der Waals surface area contributed by atoms with E-state index in [0.29, 0.717) is 18.3 Å². The van der Waals surface area contributed by atoms with Gasteiger partial charge in [0.1, 0.15) is 0 Å². The predicted octanol–water partition coefficient (Wildman–Crippen LogP) is 1.55. The first kappa shape index (κ1) is 11.5. The van der Waals surface area contributed by atoms with Gasteiger partial charge >= 0.3 is 0 Å². The van der Waals surface area contributed by atoms with Gasteiger partial charge in [0.25, 0.3) is 0 Å². The van der Waals surface area contributed by atoms with Crippen molar-refractivity contribution in [2.24, 2.45) is 5.73 Å². The number of rotatable bonds is 4. The molecule has 0 radical (unpaired) electrons. The summed E-state index contributed by atoms with van der Waals surface area (Å²) < 4.78 is 10.6. The summed E-state index contributed by atoms with van der Waals surface area (Å²) in [5, 5.41) is 4.01. The Morgan fingerprint density at radius 1 is 1.44 bits per heavy atom. The average Bonchev–Trinajstić information content (AvgIpc) is 2.97. The van der Waals surface area contributed by atoms with Gasteiger partial charge in [0.15, 0.2) is 5.82 Å². The molecular weight excluding hydrogens is 206 g/mol. The van der Waals surface area contributed by atoms with Crippen molar-refractivity contribution in [1.29, 1.82) is 0 Å². The van der Waals surface area contributed by atoms with E-state index in [1.165, 1.54) is 0 Å². The van der Waals surface area contributed by atoms with Crippen LogP contribution in [0.15, 0.2) is 4.52 Å². The van der Waals surface area contributed by atoms with E-state index in [1.807, 2.05) is 13.8 Å². The lowest BCUT2D eigenvalue weighted by Crippen LogP contribution is -2.36. The average molecular weight is 225 g/mol. The normalized spacial score (nSPS) is 21.6. The van der Waals surface area contributed by atoms with E-state index in [-0.39, 0.29) is 5.92 Å². The van der Waals surface area contributed by atoms with Gasteiger partial charge in [-0.3, -0.25) is 0 Å². The number of ether oxygens (including phenoxy) is 1. The fraction of sp³-hybridized carbons (Fsp3) is 0.818. The summed E-state index contributed by atoms with van der Waals surface area (Å²) >= 11 is 0. The SMILES string of the molecule is CCC(N)(CC)c1noc(C2CCOC2)n1. The maximum Gasteiger partial charge on any atom is 0.232 e. The third-order valence-electron chi connectivity index (χ3n) is 3.43. The Morgan fingerprint density at radius 2 is 2.19 bits per heavy atom. The molecule has 0 spiro atoms. The van der Waals surface area contributed by atoms with Crippen molar-refractivity contribution in [3.63, 3.8) is 0 Å². The summed E-state index contributed by atoms with van der Waals surface area (Å²) in [7, 11) is 0. The van der Waals surface area contributed by atoms with E-state index in [1.54, 1.807) is 0 Å². The van der Waals surface area contributed by atoms with Gasteiger partial charge in [0.05, 0.1) is 18.1 Å². The number of nitrogens with two attached hydrogens (primary N) is 1. The Bertz CT molecular complexity index is 341. The summed E-state index contributed by atoms with van der Waals surface area (Å²) in [4.78, 5) is 4.42. The molecule has 1 aromatic heterocycles. The molecule has 1 aliphatic heterocycles. The highest BCUT2D eigenvalue weighted by molar-refractivity contribution is 5.05. The smallest absolute Gasteiger partial charge is 0.232 e. The highest BCUT2D eigenvalue weighted by Gasteiger charge is 2.31. The fourth-order valence-corrected chi connectivity index (χ4v) is 1.90. The topological polar surface area (TPSA) is 74.2 Å². The van der Waals surface area contributed by atoms with Gasteiger partial charge in [-0.2, -0.15) is 4.98 Å². The lowest BCUT2D eigenvalue weighted by molar-refractivity contribution is 0.189. The van der Waals surface area contributed by atoms with Crippen molar-refractivity contribution >= 4 is 0 Å². The highest BCUT2D eigenvalue weighted by Crippen LogP contribution is 2.27. The lowest BCUT2D eigenvalue weighted by atomic mass is 9.93. The molecule has 2 heterocycles. The molecule has 5 nitrogen and oxygen atoms in total. The van der Waals surface area contributed by atoms with Crippen molar-refractivity contribution in [2.45, 2.75) is 44.6 Å². The van der Waals surface area contributed by atoms with Crippen molar-refractivity contribution in [1.82, 2.24) is 10.1 Å². The molecule has 1 unspecified atom stereocenters. The van der Waals surface area contributed by atoms with E-state index in [2.05, 4.69) is 10.1 Å². The minimum atomic E-state index is -0.457. The van der Waals surface area contributed by atoms with Gasteiger partial charge in [-0.1, -0.05) is 19.0 Å². The zero-order valence-electron chi connectivity index (χ0n) is 9.90. The molecule has 2 rings (SSSR count). The van der Waals surface area contributed by atoms with Gasteiger partial charge in [-0.05, 0) is 19.3 Å². The number of hydrogen-bond acceptors (Lipinski definition) is 5. The van der Waals surface area contributed by atoms with Gasteiger partial charge in [-0.25, -0.2) is 0 Å². The van der Waals surface area contributed by atoms with Crippen LogP contribution in [0.25, 0.3) is 0 Å². The van der Waals surface area contributed by atoms with Crippen LogP contribution in [0.1, 0.15) is 50.7 Å². The lowest BCUT2D eigenvalue weighted by Gasteiger charge is -2.21. The molecule has 5 heteroatoms. The van der Waals surface area contributed by atoms with Crippen LogP contribution in [-0.2, 0) is 10.3 Å². The standard InChI is InChI=1S/C11H19N3O2/c1-3-11(12,4-2)10-13-9(16-14-10)8-5-6-15-7-8/h8H,3-7,12H2,1-2H3. The van der Waals surface area contributed by atoms with Crippen LogP contribution >= 0.6 is 0 Å². The predicted molar refractivity (Wildman–Crippen MR) is 58.9 cm³/mol. The van der Waals surface area contributed by atoms with Gasteiger partial charge in [0, 0.05) is 6.61 Å². The molecule has 1 aromatic rings. The molecule has 1 fully saturated rings. The Kier molecular flexibility index (Phi) is 3.25. The first-order chi connectivity index (χ1) is 7.69. The van der Waals surface area contributed by atoms with E-state index >= 15 is 0 Å². The molecule has 0 bridgehead atoms. The number of aromatic nitrogens is 2. The molecule has 16 heavy (non-hydrogen) atoms. The van der Waals surface area contributed by atoms with Crippen LogP contribution in [0.4, 0.5) is 0 Å². The summed E-state index contributed by atoms with van der Waals surface area (Å²) in [6.45, 7) is 5.53. The minimum Gasteiger partial charge on any atom is -0.381 e. The fourth-order valence-electron chi connectivity index (χ4n) is 1.90. The monoisotopic (exact) mass is 225 g/mol. The summed E-state index contributed by atoms with van der Waals surface area (Å²) in [6.07, 6.45) is 2.57. The van der Waals surface area contributed by atoms with Crippen LogP contribution in [0.2, 0.25) is 0 Å². The molecular formula is C11H19N3O2. The Labute approximate surface area is 95.3 Å². The van der Waals surface area contributed by atoms with Crippen molar-refractivity contribution in [3.05, 3.63) is 11.7 Å². The van der Waals surface area contributed by atoms with E-state index < -0.39 is 5.54 Å². The van der Waals surface area contributed by atoms with Crippen LogP contribution in [-0.4, -0.2) is 23.4 Å². The van der Waals surface area contributed by atoms with E-state index in [4.69, 9.17) is 15.0 Å². The summed E-state index contributed by atoms with van der Waals surface area (Å²) in [6, 6.07) is 0. The van der Waals surface area contributed by atoms with E-state index in [0.717, 1.165) is 25.9 Å². The molecule has 1 saturated heterocycles. The molecule has 90 valence electrons. The van der Waals surface area contributed by atoms with Crippen LogP contribution < -0.4 is 5.73 Å². The van der Waals surface area contributed by atoms with Crippen LogP contribution in [0, 0.1) is 0 Å². The Balaban J connectivity index is 2.17. The van der Waals surface area contributed by atoms with Crippen molar-refractivity contribution in [3.8, 4) is 0 Å². The van der Waals surface area contributed by atoms with Crippen LogP contribution in [0.5, 0.6) is 0 Å². The van der Waals surface area contributed by atoms with E-state index in [9.17, 15) is 0 Å². The third-order valence-corrected chi connectivity index (χ3v) is 3.43. The third kappa shape index (κ3) is 1.97. The van der Waals surface area contributed by atoms with Crippen molar-refractivity contribution in [2.75, 3.05) is 13.2 Å². The quantitative estimate of drug-likeness (QED) is 0.841. The summed E-state index contributed by atoms with van der Waals surface area (Å²) in [5.41, 5.74) is 5.76.